The molecule has 1 aliphatic carbocycles. The summed E-state index contributed by atoms with van der Waals surface area (Å²) in [4.78, 5) is 1.28. The molecule has 100 valence electrons. The fourth-order valence-corrected chi connectivity index (χ4v) is 4.58. The number of nitrogens with one attached hydrogen (secondary N) is 1. The van der Waals surface area contributed by atoms with Gasteiger partial charge in [0.25, 0.3) is 0 Å². The zero-order valence-corrected chi connectivity index (χ0v) is 12.5. The number of aryl methyl sites for hydroxylation is 1. The SMILES string of the molecule is CC(C(N)=S)S(=O)(=O)NC1CCCc2sccc21. The third-order valence-corrected chi connectivity index (χ3v) is 6.52. The second kappa shape index (κ2) is 5.24. The molecule has 0 bridgehead atoms. The van der Waals surface area contributed by atoms with Gasteiger partial charge in [-0.25, -0.2) is 13.1 Å². The molecule has 7 heteroatoms. The Kier molecular flexibility index (Phi) is 4.05. The highest BCUT2D eigenvalue weighted by molar-refractivity contribution is 7.93. The zero-order chi connectivity index (χ0) is 13.3. The summed E-state index contributed by atoms with van der Waals surface area (Å²) in [6, 6.07) is 1.86. The van der Waals surface area contributed by atoms with E-state index < -0.39 is 15.3 Å². The molecule has 2 unspecified atom stereocenters. The van der Waals surface area contributed by atoms with Gasteiger partial charge in [0.15, 0.2) is 0 Å². The number of thiocarbonyl (C=S) groups is 1. The first-order valence-corrected chi connectivity index (χ1v) is 8.62. The van der Waals surface area contributed by atoms with E-state index in [1.54, 1.807) is 11.3 Å². The highest BCUT2D eigenvalue weighted by atomic mass is 32.2. The van der Waals surface area contributed by atoms with Crippen LogP contribution in [-0.4, -0.2) is 18.7 Å². The lowest BCUT2D eigenvalue weighted by molar-refractivity contribution is 0.509. The number of sulfonamides is 1. The van der Waals surface area contributed by atoms with Crippen LogP contribution < -0.4 is 10.5 Å². The molecular formula is C11H16N2O2S3. The zero-order valence-electron chi connectivity index (χ0n) is 10.0. The smallest absolute Gasteiger partial charge is 0.221 e. The Balaban J connectivity index is 2.19. The van der Waals surface area contributed by atoms with Crippen LogP contribution in [0.1, 0.15) is 36.2 Å². The fourth-order valence-electron chi connectivity index (χ4n) is 2.06. The monoisotopic (exact) mass is 304 g/mol. The van der Waals surface area contributed by atoms with Crippen molar-refractivity contribution in [1.29, 1.82) is 0 Å². The average Bonchev–Trinajstić information content (AvgIpc) is 2.76. The molecule has 1 aromatic rings. The minimum Gasteiger partial charge on any atom is -0.392 e. The standard InChI is InChI=1S/C11H16N2O2S3/c1-7(11(12)16)18(14,15)13-9-3-2-4-10-8(9)5-6-17-10/h5-7,9,13H,2-4H2,1H3,(H2,12,16). The molecule has 1 aromatic heterocycles. The molecule has 18 heavy (non-hydrogen) atoms. The number of nitrogens with two attached hydrogens (primary N) is 1. The van der Waals surface area contributed by atoms with E-state index in [1.165, 1.54) is 11.8 Å². The number of fused-ring (bicyclic) bond motifs is 1. The molecule has 2 atom stereocenters. The summed E-state index contributed by atoms with van der Waals surface area (Å²) < 4.78 is 26.9. The number of hydrogen-bond donors (Lipinski definition) is 2. The van der Waals surface area contributed by atoms with Gasteiger partial charge in [0, 0.05) is 10.9 Å². The molecule has 0 radical (unpaired) electrons. The van der Waals surface area contributed by atoms with Gasteiger partial charge >= 0.3 is 0 Å². The van der Waals surface area contributed by atoms with E-state index in [1.807, 2.05) is 11.4 Å². The first kappa shape index (κ1) is 13.9. The van der Waals surface area contributed by atoms with Crippen LogP contribution in [0.2, 0.25) is 0 Å². The van der Waals surface area contributed by atoms with E-state index in [0.29, 0.717) is 0 Å². The Morgan fingerprint density at radius 1 is 1.67 bits per heavy atom. The third kappa shape index (κ3) is 2.74. The van der Waals surface area contributed by atoms with Crippen LogP contribution in [0.5, 0.6) is 0 Å². The van der Waals surface area contributed by atoms with Crippen molar-refractivity contribution in [1.82, 2.24) is 4.72 Å². The Hall–Kier alpha value is -0.500. The van der Waals surface area contributed by atoms with Crippen molar-refractivity contribution in [2.75, 3.05) is 0 Å². The lowest BCUT2D eigenvalue weighted by Crippen LogP contribution is -2.42. The summed E-state index contributed by atoms with van der Waals surface area (Å²) in [6.07, 6.45) is 2.87. The average molecular weight is 304 g/mol. The van der Waals surface area contributed by atoms with Crippen LogP contribution in [0.3, 0.4) is 0 Å². The Morgan fingerprint density at radius 3 is 3.06 bits per heavy atom. The van der Waals surface area contributed by atoms with Crippen molar-refractivity contribution in [2.24, 2.45) is 5.73 Å². The highest BCUT2D eigenvalue weighted by Gasteiger charge is 2.29. The van der Waals surface area contributed by atoms with Crippen LogP contribution in [0.15, 0.2) is 11.4 Å². The molecule has 3 N–H and O–H groups in total. The summed E-state index contributed by atoms with van der Waals surface area (Å²) >= 11 is 6.44. The summed E-state index contributed by atoms with van der Waals surface area (Å²) in [5.41, 5.74) is 6.52. The Bertz CT molecular complexity index is 550. The van der Waals surface area contributed by atoms with Crippen molar-refractivity contribution in [3.05, 3.63) is 21.9 Å². The molecule has 0 fully saturated rings. The van der Waals surface area contributed by atoms with Gasteiger partial charge in [0.2, 0.25) is 10.0 Å². The van der Waals surface area contributed by atoms with Gasteiger partial charge in [-0.05, 0) is 43.2 Å². The van der Waals surface area contributed by atoms with Gasteiger partial charge in [-0.3, -0.25) is 0 Å². The van der Waals surface area contributed by atoms with E-state index in [-0.39, 0.29) is 11.0 Å². The van der Waals surface area contributed by atoms with Gasteiger partial charge in [-0.15, -0.1) is 11.3 Å². The second-order valence-electron chi connectivity index (χ2n) is 4.45. The Morgan fingerprint density at radius 2 is 2.39 bits per heavy atom. The highest BCUT2D eigenvalue weighted by Crippen LogP contribution is 2.33. The molecule has 0 aliphatic heterocycles. The normalized spacial score (nSPS) is 21.3. The van der Waals surface area contributed by atoms with Crippen LogP contribution in [0.4, 0.5) is 0 Å². The summed E-state index contributed by atoms with van der Waals surface area (Å²) in [6.45, 7) is 1.52. The summed E-state index contributed by atoms with van der Waals surface area (Å²) in [7, 11) is -3.49. The lowest BCUT2D eigenvalue weighted by atomic mass is 9.95. The van der Waals surface area contributed by atoms with Gasteiger partial charge in [-0.2, -0.15) is 0 Å². The first-order valence-electron chi connectivity index (χ1n) is 5.78. The maximum absolute atomic E-state index is 12.1. The van der Waals surface area contributed by atoms with Crippen molar-refractivity contribution in [3.8, 4) is 0 Å². The topological polar surface area (TPSA) is 72.2 Å². The van der Waals surface area contributed by atoms with Gasteiger partial charge in [0.05, 0.1) is 4.99 Å². The molecular weight excluding hydrogens is 288 g/mol. The molecule has 0 spiro atoms. The molecule has 1 aliphatic rings. The molecule has 2 rings (SSSR count). The predicted molar refractivity (Wildman–Crippen MR) is 78.3 cm³/mol. The minimum absolute atomic E-state index is 0.00357. The number of hydrogen-bond acceptors (Lipinski definition) is 4. The lowest BCUT2D eigenvalue weighted by Gasteiger charge is -2.25. The van der Waals surface area contributed by atoms with Crippen molar-refractivity contribution >= 4 is 38.6 Å². The first-order chi connectivity index (χ1) is 8.42. The van der Waals surface area contributed by atoms with Gasteiger partial charge < -0.3 is 5.73 Å². The molecule has 1 heterocycles. The Labute approximate surface area is 117 Å². The van der Waals surface area contributed by atoms with E-state index >= 15 is 0 Å². The van der Waals surface area contributed by atoms with E-state index in [0.717, 1.165) is 24.8 Å². The van der Waals surface area contributed by atoms with Crippen LogP contribution >= 0.6 is 23.6 Å². The quantitative estimate of drug-likeness (QED) is 0.831. The van der Waals surface area contributed by atoms with Crippen LogP contribution in [-0.2, 0) is 16.4 Å². The van der Waals surface area contributed by atoms with Gasteiger partial charge in [-0.1, -0.05) is 12.2 Å². The maximum atomic E-state index is 12.1. The van der Waals surface area contributed by atoms with E-state index in [9.17, 15) is 8.42 Å². The van der Waals surface area contributed by atoms with Crippen molar-refractivity contribution < 1.29 is 8.42 Å². The molecule has 0 saturated carbocycles. The largest absolute Gasteiger partial charge is 0.392 e. The predicted octanol–water partition coefficient (Wildman–Crippen LogP) is 1.72. The fraction of sp³-hybridized carbons (Fsp3) is 0.545. The number of rotatable bonds is 4. The van der Waals surface area contributed by atoms with Crippen LogP contribution in [0.25, 0.3) is 0 Å². The van der Waals surface area contributed by atoms with Gasteiger partial charge in [0.1, 0.15) is 5.25 Å². The minimum atomic E-state index is -3.49. The second-order valence-corrected chi connectivity index (χ2v) is 7.96. The maximum Gasteiger partial charge on any atom is 0.221 e. The summed E-state index contributed by atoms with van der Waals surface area (Å²) in [5.74, 6) is 0. The van der Waals surface area contributed by atoms with E-state index in [2.05, 4.69) is 4.72 Å². The number of thiophene rings is 1. The van der Waals surface area contributed by atoms with Crippen LogP contribution in [0, 0.1) is 0 Å². The third-order valence-electron chi connectivity index (χ3n) is 3.22. The van der Waals surface area contributed by atoms with Crippen molar-refractivity contribution in [3.63, 3.8) is 0 Å². The van der Waals surface area contributed by atoms with E-state index in [4.69, 9.17) is 18.0 Å². The summed E-state index contributed by atoms with van der Waals surface area (Å²) in [5, 5.41) is 1.17. The molecule has 0 saturated heterocycles. The molecule has 4 nitrogen and oxygen atoms in total. The molecule has 0 aromatic carbocycles. The van der Waals surface area contributed by atoms with Crippen molar-refractivity contribution in [2.45, 2.75) is 37.5 Å². The molecule has 0 amide bonds.